The highest BCUT2D eigenvalue weighted by molar-refractivity contribution is 9.27. The molecule has 0 N–H and O–H groups in total. The van der Waals surface area contributed by atoms with Crippen LogP contribution in [0.15, 0.2) is 42.5 Å². The lowest BCUT2D eigenvalue weighted by Gasteiger charge is -2.55. The molecule has 268 valence electrons. The molecule has 1 saturated heterocycles. The van der Waals surface area contributed by atoms with Gasteiger partial charge in [-0.05, 0) is 143 Å². The average molecular weight is 745 g/mol. The van der Waals surface area contributed by atoms with E-state index in [0.29, 0.717) is 44.0 Å². The van der Waals surface area contributed by atoms with E-state index in [-0.39, 0.29) is 16.5 Å². The molecule has 3 aromatic rings. The van der Waals surface area contributed by atoms with Crippen LogP contribution in [0.2, 0.25) is 0 Å². The molecule has 1 nitrogen and oxygen atoms in total. The van der Waals surface area contributed by atoms with Crippen LogP contribution in [0.5, 0.6) is 0 Å². The average Bonchev–Trinajstić information content (AvgIpc) is 2.98. The van der Waals surface area contributed by atoms with Crippen molar-refractivity contribution in [3.63, 3.8) is 0 Å². The maximum Gasteiger partial charge on any atom is 0.333 e. The van der Waals surface area contributed by atoms with Crippen LogP contribution >= 0.6 is 24.2 Å². The van der Waals surface area contributed by atoms with Gasteiger partial charge in [-0.25, -0.2) is 0 Å². The van der Waals surface area contributed by atoms with Gasteiger partial charge in [-0.1, -0.05) is 134 Å². The van der Waals surface area contributed by atoms with Crippen molar-refractivity contribution < 1.29 is 0 Å². The fourth-order valence-electron chi connectivity index (χ4n) is 8.47. The molecule has 49 heavy (non-hydrogen) atoms. The number of halogens is 1. The third-order valence-corrected chi connectivity index (χ3v) is 13.7. The fourth-order valence-corrected chi connectivity index (χ4v) is 12.1. The zero-order valence-corrected chi connectivity index (χ0v) is 36.6. The highest BCUT2D eigenvalue weighted by Gasteiger charge is 2.46. The number of hydrogen-bond acceptors (Lipinski definition) is 1. The smallest absolute Gasteiger partial charge is 0.318 e. The first kappa shape index (κ1) is 40.4. The van der Waals surface area contributed by atoms with Crippen molar-refractivity contribution in [3.05, 3.63) is 75.8 Å². The first-order valence-corrected chi connectivity index (χ1v) is 21.4. The molecule has 0 aromatic heterocycles. The second kappa shape index (κ2) is 15.7. The summed E-state index contributed by atoms with van der Waals surface area (Å²) >= 11 is 4.43. The lowest BCUT2D eigenvalue weighted by atomic mass is 9.77. The topological polar surface area (TPSA) is 3.24 Å². The van der Waals surface area contributed by atoms with Crippen molar-refractivity contribution in [2.75, 3.05) is 0 Å². The van der Waals surface area contributed by atoms with Crippen LogP contribution in [0, 0.1) is 0 Å². The van der Waals surface area contributed by atoms with Crippen molar-refractivity contribution in [1.82, 2.24) is 4.81 Å². The third-order valence-electron chi connectivity index (χ3n) is 11.2. The van der Waals surface area contributed by atoms with E-state index in [1.165, 1.54) is 80.2 Å². The van der Waals surface area contributed by atoms with Gasteiger partial charge in [0.15, 0.2) is 0 Å². The molecule has 1 heterocycles. The number of piperidine rings is 1. The van der Waals surface area contributed by atoms with E-state index in [2.05, 4.69) is 174 Å². The summed E-state index contributed by atoms with van der Waals surface area (Å²) in [5, 5.41) is 1.75. The number of rotatable bonds is 11. The van der Waals surface area contributed by atoms with Crippen LogP contribution in [0.25, 0.3) is 22.3 Å². The molecule has 4 rings (SSSR count). The minimum absolute atomic E-state index is 0.119. The summed E-state index contributed by atoms with van der Waals surface area (Å²) in [4.78, 5) is 2.83. The second-order valence-electron chi connectivity index (χ2n) is 18.1. The van der Waals surface area contributed by atoms with Gasteiger partial charge < -0.3 is 4.81 Å². The molecule has 0 bridgehead atoms. The predicted octanol–water partition coefficient (Wildman–Crippen LogP) is 14.5. The Morgan fingerprint density at radius 1 is 0.571 bits per heavy atom. The summed E-state index contributed by atoms with van der Waals surface area (Å²) < 4.78 is 0. The Balaban J connectivity index is 2.18. The van der Waals surface area contributed by atoms with E-state index < -0.39 is 0 Å². The molecule has 0 spiro atoms. The molecule has 1 aliphatic rings. The summed E-state index contributed by atoms with van der Waals surface area (Å²) in [5.74, 6) is 2.69. The van der Waals surface area contributed by atoms with E-state index in [1.54, 1.807) is 0 Å². The largest absolute Gasteiger partial charge is 0.333 e. The molecule has 1 atom stereocenters. The number of hydrogen-bond donors (Lipinski definition) is 0. The normalized spacial score (nSPS) is 16.9. The lowest BCUT2D eigenvalue weighted by Crippen LogP contribution is -2.62. The van der Waals surface area contributed by atoms with Crippen LogP contribution in [0.4, 0.5) is 0 Å². The van der Waals surface area contributed by atoms with Crippen molar-refractivity contribution in [2.45, 2.75) is 177 Å². The zero-order valence-electron chi connectivity index (χ0n) is 34.0. The molecule has 0 radical (unpaired) electrons. The van der Waals surface area contributed by atoms with E-state index in [4.69, 9.17) is 0 Å². The Morgan fingerprint density at radius 2 is 0.898 bits per heavy atom. The van der Waals surface area contributed by atoms with Gasteiger partial charge in [0, 0.05) is 11.1 Å². The van der Waals surface area contributed by atoms with Gasteiger partial charge in [0.2, 0.25) is 0 Å². The van der Waals surface area contributed by atoms with Crippen molar-refractivity contribution in [3.8, 4) is 22.3 Å². The van der Waals surface area contributed by atoms with Gasteiger partial charge in [-0.2, -0.15) is 0 Å². The highest BCUT2D eigenvalue weighted by Crippen LogP contribution is 2.48. The monoisotopic (exact) mass is 743 g/mol. The van der Waals surface area contributed by atoms with Crippen LogP contribution in [-0.2, 0) is 0 Å². The maximum atomic E-state index is 4.43. The second-order valence-corrected chi connectivity index (χ2v) is 21.2. The molecule has 1 unspecified atom stereocenters. The minimum Gasteiger partial charge on any atom is -0.318 e. The Hall–Kier alpha value is -1.41. The van der Waals surface area contributed by atoms with Gasteiger partial charge in [0.25, 0.3) is 0 Å². The summed E-state index contributed by atoms with van der Waals surface area (Å²) in [6.45, 7) is 38.4. The van der Waals surface area contributed by atoms with Crippen LogP contribution in [-0.4, -0.2) is 21.3 Å². The van der Waals surface area contributed by atoms with E-state index >= 15 is 0 Å². The van der Waals surface area contributed by atoms with Crippen LogP contribution in [0.1, 0.15) is 199 Å². The van der Waals surface area contributed by atoms with Crippen molar-refractivity contribution in [2.24, 2.45) is 0 Å². The predicted molar refractivity (Wildman–Crippen MR) is 228 cm³/mol. The minimum atomic E-state index is 0.119. The van der Waals surface area contributed by atoms with Gasteiger partial charge in [-0.15, -0.1) is 15.8 Å². The summed E-state index contributed by atoms with van der Waals surface area (Å²) in [6.07, 6.45) is 3.75. The molecule has 1 aliphatic heterocycles. The summed E-state index contributed by atoms with van der Waals surface area (Å²) in [7, 11) is 0.579. The Morgan fingerprint density at radius 3 is 1.18 bits per heavy atom. The van der Waals surface area contributed by atoms with E-state index in [0.717, 1.165) is 0 Å². The fraction of sp³-hybridized carbons (Fsp3) is 0.600. The number of nitrogens with zero attached hydrogens (tertiary/aromatic N) is 1. The molecule has 0 amide bonds. The Kier molecular flexibility index (Phi) is 12.9. The van der Waals surface area contributed by atoms with Gasteiger partial charge in [0.05, 0.1) is 0 Å². The molecule has 0 aliphatic carbocycles. The molecular weight excluding hydrogens is 676 g/mol. The quantitative estimate of drug-likeness (QED) is 0.140. The van der Waals surface area contributed by atoms with Gasteiger partial charge >= 0.3 is 5.39 Å². The van der Waals surface area contributed by atoms with Gasteiger partial charge in [-0.3, -0.25) is 0 Å². The highest BCUT2D eigenvalue weighted by atomic mass is 79.9. The summed E-state index contributed by atoms with van der Waals surface area (Å²) in [6, 6.07) is 17.4. The first-order chi connectivity index (χ1) is 22.7. The van der Waals surface area contributed by atoms with Crippen molar-refractivity contribution >= 4 is 34.9 Å². The molecule has 1 fully saturated rings. The number of benzene rings is 3. The Bertz CT molecular complexity index is 1440. The lowest BCUT2D eigenvalue weighted by molar-refractivity contribution is 0.0552. The standard InChI is InChI=1S/C45H68BBrNP/c1-27(2)33-23-37(29(5)6)41(38(24-33)30(7)8)35-19-17-20-36(42-39(31(9)10)25-34(28(3)4)26-40(42)32(11)12)43(35)49-46(47)48-44(13,14)21-18-22-45(48,15)16/h17,19-20,23-32,49H,18,21-22H2,1-16H3. The zero-order chi connectivity index (χ0) is 36.7. The Labute approximate surface area is 313 Å². The SMILES string of the molecule is CC(C)c1cc(C(C)C)c(-c2cccc(-c3c(C(C)C)cc(C(C)C)cc3C(C)C)c2PB(Br)N2C(C)(C)CCCC2(C)C)c(C(C)C)c1. The third kappa shape index (κ3) is 8.47. The van der Waals surface area contributed by atoms with Crippen LogP contribution < -0.4 is 5.30 Å². The van der Waals surface area contributed by atoms with Crippen molar-refractivity contribution in [1.29, 1.82) is 0 Å². The molecule has 0 saturated carbocycles. The van der Waals surface area contributed by atoms with Gasteiger partial charge in [0.1, 0.15) is 0 Å². The molecule has 4 heteroatoms. The maximum absolute atomic E-state index is 4.43. The summed E-state index contributed by atoms with van der Waals surface area (Å²) in [5.41, 5.74) is 15.0. The van der Waals surface area contributed by atoms with E-state index in [1.807, 2.05) is 0 Å². The first-order valence-electron chi connectivity index (χ1n) is 19.4. The van der Waals surface area contributed by atoms with E-state index in [9.17, 15) is 0 Å². The molecular formula is C45H68BBrNP. The molecule has 3 aromatic carbocycles. The van der Waals surface area contributed by atoms with Crippen LogP contribution in [0.3, 0.4) is 0 Å².